The summed E-state index contributed by atoms with van der Waals surface area (Å²) in [6.07, 6.45) is 0.907. The van der Waals surface area contributed by atoms with Crippen molar-refractivity contribution in [1.29, 1.82) is 0 Å². The zero-order valence-corrected chi connectivity index (χ0v) is 12.9. The van der Waals surface area contributed by atoms with Crippen LogP contribution in [0.3, 0.4) is 0 Å². The monoisotopic (exact) mass is 302 g/mol. The number of hydrogen-bond donors (Lipinski definition) is 1. The van der Waals surface area contributed by atoms with E-state index in [1.807, 2.05) is 32.2 Å². The average molecular weight is 302 g/mol. The molecule has 0 radical (unpaired) electrons. The van der Waals surface area contributed by atoms with Crippen LogP contribution in [0.25, 0.3) is 11.1 Å². The predicted octanol–water partition coefficient (Wildman–Crippen LogP) is 3.37. The summed E-state index contributed by atoms with van der Waals surface area (Å²) in [5, 5.41) is 5.38. The van der Waals surface area contributed by atoms with Gasteiger partial charge in [0.25, 0.3) is 0 Å². The summed E-state index contributed by atoms with van der Waals surface area (Å²) < 4.78 is 7.08. The SMILES string of the molecule is CCCn1c(=O)oc2cc(C(NC)c3cccs3)ccc21. The molecule has 2 aromatic heterocycles. The van der Waals surface area contributed by atoms with Crippen LogP contribution in [0.15, 0.2) is 44.9 Å². The van der Waals surface area contributed by atoms with Crippen LogP contribution < -0.4 is 11.1 Å². The van der Waals surface area contributed by atoms with Crippen LogP contribution in [0.5, 0.6) is 0 Å². The maximum atomic E-state index is 11.9. The minimum absolute atomic E-state index is 0.120. The highest BCUT2D eigenvalue weighted by molar-refractivity contribution is 7.10. The predicted molar refractivity (Wildman–Crippen MR) is 86.0 cm³/mol. The lowest BCUT2D eigenvalue weighted by atomic mass is 10.1. The number of fused-ring (bicyclic) bond motifs is 1. The van der Waals surface area contributed by atoms with Crippen molar-refractivity contribution < 1.29 is 4.42 Å². The molecule has 1 N–H and O–H groups in total. The third kappa shape index (κ3) is 2.54. The van der Waals surface area contributed by atoms with E-state index in [4.69, 9.17) is 4.42 Å². The van der Waals surface area contributed by atoms with Gasteiger partial charge in [-0.05, 0) is 42.6 Å². The van der Waals surface area contributed by atoms with Crippen molar-refractivity contribution in [1.82, 2.24) is 9.88 Å². The van der Waals surface area contributed by atoms with Gasteiger partial charge in [-0.25, -0.2) is 4.79 Å². The summed E-state index contributed by atoms with van der Waals surface area (Å²) >= 11 is 1.71. The van der Waals surface area contributed by atoms with Crippen molar-refractivity contribution in [3.63, 3.8) is 0 Å². The quantitative estimate of drug-likeness (QED) is 0.786. The van der Waals surface area contributed by atoms with Gasteiger partial charge in [-0.3, -0.25) is 4.57 Å². The summed E-state index contributed by atoms with van der Waals surface area (Å²) in [4.78, 5) is 13.1. The Kier molecular flexibility index (Phi) is 3.94. The third-order valence-corrected chi connectivity index (χ3v) is 4.53. The van der Waals surface area contributed by atoms with Gasteiger partial charge in [0.1, 0.15) is 0 Å². The Balaban J connectivity index is 2.07. The number of benzene rings is 1. The molecule has 5 heteroatoms. The molecule has 0 aliphatic heterocycles. The Hall–Kier alpha value is -1.85. The highest BCUT2D eigenvalue weighted by Gasteiger charge is 2.16. The topological polar surface area (TPSA) is 47.2 Å². The van der Waals surface area contributed by atoms with Crippen molar-refractivity contribution in [2.75, 3.05) is 7.05 Å². The van der Waals surface area contributed by atoms with Gasteiger partial charge in [0.2, 0.25) is 0 Å². The zero-order valence-electron chi connectivity index (χ0n) is 12.1. The number of thiophene rings is 1. The Morgan fingerprint density at radius 1 is 1.38 bits per heavy atom. The van der Waals surface area contributed by atoms with Gasteiger partial charge in [0.05, 0.1) is 11.6 Å². The van der Waals surface area contributed by atoms with E-state index in [1.165, 1.54) is 4.88 Å². The summed E-state index contributed by atoms with van der Waals surface area (Å²) in [6, 6.07) is 10.3. The minimum atomic E-state index is -0.277. The molecule has 0 saturated heterocycles. The van der Waals surface area contributed by atoms with E-state index in [1.54, 1.807) is 15.9 Å². The number of hydrogen-bond acceptors (Lipinski definition) is 4. The second-order valence-corrected chi connectivity index (χ2v) is 5.96. The van der Waals surface area contributed by atoms with E-state index in [0.717, 1.165) is 17.5 Å². The molecule has 0 saturated carbocycles. The Morgan fingerprint density at radius 3 is 2.90 bits per heavy atom. The van der Waals surface area contributed by atoms with Crippen LogP contribution in [0.1, 0.15) is 29.8 Å². The highest BCUT2D eigenvalue weighted by Crippen LogP contribution is 2.28. The van der Waals surface area contributed by atoms with Gasteiger partial charge in [0.15, 0.2) is 5.58 Å². The van der Waals surface area contributed by atoms with Crippen LogP contribution in [0, 0.1) is 0 Å². The number of nitrogens with one attached hydrogen (secondary N) is 1. The number of rotatable bonds is 5. The van der Waals surface area contributed by atoms with Gasteiger partial charge in [-0.15, -0.1) is 11.3 Å². The highest BCUT2D eigenvalue weighted by atomic mass is 32.1. The molecule has 21 heavy (non-hydrogen) atoms. The minimum Gasteiger partial charge on any atom is -0.408 e. The molecule has 1 atom stereocenters. The summed E-state index contributed by atoms with van der Waals surface area (Å²) in [5.74, 6) is -0.277. The lowest BCUT2D eigenvalue weighted by molar-refractivity contribution is 0.502. The fourth-order valence-electron chi connectivity index (χ4n) is 2.63. The Morgan fingerprint density at radius 2 is 2.24 bits per heavy atom. The molecule has 1 unspecified atom stereocenters. The molecule has 0 aliphatic rings. The molecule has 3 rings (SSSR count). The Bertz CT molecular complexity index is 786. The maximum absolute atomic E-state index is 11.9. The molecule has 3 aromatic rings. The van der Waals surface area contributed by atoms with Gasteiger partial charge in [-0.1, -0.05) is 19.1 Å². The van der Waals surface area contributed by atoms with Gasteiger partial charge in [0, 0.05) is 11.4 Å². The van der Waals surface area contributed by atoms with Crippen molar-refractivity contribution in [3.05, 3.63) is 56.7 Å². The fraction of sp³-hybridized carbons (Fsp3) is 0.312. The normalized spacial score (nSPS) is 12.9. The van der Waals surface area contributed by atoms with E-state index in [0.29, 0.717) is 12.1 Å². The first-order chi connectivity index (χ1) is 10.2. The first kappa shape index (κ1) is 14.1. The van der Waals surface area contributed by atoms with Crippen LogP contribution in [0.2, 0.25) is 0 Å². The van der Waals surface area contributed by atoms with E-state index in [-0.39, 0.29) is 11.8 Å². The van der Waals surface area contributed by atoms with E-state index in [9.17, 15) is 4.79 Å². The van der Waals surface area contributed by atoms with Crippen LogP contribution in [0.4, 0.5) is 0 Å². The fourth-order valence-corrected chi connectivity index (χ4v) is 3.49. The second-order valence-electron chi connectivity index (χ2n) is 4.98. The molecule has 0 aliphatic carbocycles. The standard InChI is InChI=1S/C16H18N2O2S/c1-3-8-18-12-7-6-11(10-13(12)20-16(18)19)15(17-2)14-5-4-9-21-14/h4-7,9-10,15,17H,3,8H2,1-2H3. The molecule has 0 bridgehead atoms. The molecule has 4 nitrogen and oxygen atoms in total. The van der Waals surface area contributed by atoms with Crippen molar-refractivity contribution >= 4 is 22.4 Å². The van der Waals surface area contributed by atoms with Crippen molar-refractivity contribution in [2.24, 2.45) is 0 Å². The number of nitrogens with zero attached hydrogens (tertiary/aromatic N) is 1. The summed E-state index contributed by atoms with van der Waals surface area (Å²) in [7, 11) is 1.94. The lowest BCUT2D eigenvalue weighted by Gasteiger charge is -2.14. The smallest absolute Gasteiger partial charge is 0.408 e. The largest absolute Gasteiger partial charge is 0.419 e. The number of aryl methyl sites for hydroxylation is 1. The first-order valence-corrected chi connectivity index (χ1v) is 7.96. The average Bonchev–Trinajstić information content (AvgIpc) is 3.09. The van der Waals surface area contributed by atoms with Crippen LogP contribution in [-0.4, -0.2) is 11.6 Å². The third-order valence-electron chi connectivity index (χ3n) is 3.59. The molecule has 0 spiro atoms. The van der Waals surface area contributed by atoms with Crippen molar-refractivity contribution in [3.8, 4) is 0 Å². The molecule has 0 fully saturated rings. The van der Waals surface area contributed by atoms with E-state index < -0.39 is 0 Å². The van der Waals surface area contributed by atoms with Gasteiger partial charge >= 0.3 is 5.76 Å². The molecule has 0 amide bonds. The van der Waals surface area contributed by atoms with Crippen LogP contribution in [-0.2, 0) is 6.54 Å². The van der Waals surface area contributed by atoms with Gasteiger partial charge < -0.3 is 9.73 Å². The summed E-state index contributed by atoms with van der Waals surface area (Å²) in [5.41, 5.74) is 2.62. The van der Waals surface area contributed by atoms with Crippen molar-refractivity contribution in [2.45, 2.75) is 25.9 Å². The maximum Gasteiger partial charge on any atom is 0.419 e. The molecule has 2 heterocycles. The van der Waals surface area contributed by atoms with Crippen LogP contribution >= 0.6 is 11.3 Å². The molecular formula is C16H18N2O2S. The lowest BCUT2D eigenvalue weighted by Crippen LogP contribution is -2.16. The molecular weight excluding hydrogens is 284 g/mol. The summed E-state index contributed by atoms with van der Waals surface area (Å²) in [6.45, 7) is 2.74. The molecule has 110 valence electrons. The van der Waals surface area contributed by atoms with E-state index >= 15 is 0 Å². The van der Waals surface area contributed by atoms with E-state index in [2.05, 4.69) is 22.8 Å². The number of aromatic nitrogens is 1. The zero-order chi connectivity index (χ0) is 14.8. The molecule has 1 aromatic carbocycles. The number of oxazole rings is 1. The van der Waals surface area contributed by atoms with Gasteiger partial charge in [-0.2, -0.15) is 0 Å². The second kappa shape index (κ2) is 5.87. The first-order valence-electron chi connectivity index (χ1n) is 7.08. The Labute approximate surface area is 127 Å².